The van der Waals surface area contributed by atoms with Crippen molar-refractivity contribution in [2.45, 2.75) is 52.3 Å². The molecule has 0 spiro atoms. The molecule has 2 aromatic carbocycles. The number of halogens is 3. The van der Waals surface area contributed by atoms with Crippen molar-refractivity contribution in [2.75, 3.05) is 0 Å². The van der Waals surface area contributed by atoms with Gasteiger partial charge in [-0.15, -0.1) is 6.42 Å². The summed E-state index contributed by atoms with van der Waals surface area (Å²) in [5, 5.41) is 0. The molecule has 29 heavy (non-hydrogen) atoms. The minimum Gasteiger partial charge on any atom is -0.484 e. The van der Waals surface area contributed by atoms with Gasteiger partial charge < -0.3 is 10.5 Å². The summed E-state index contributed by atoms with van der Waals surface area (Å²) in [5.74, 6) is 2.08. The summed E-state index contributed by atoms with van der Waals surface area (Å²) < 4.78 is 44.1. The van der Waals surface area contributed by atoms with Crippen molar-refractivity contribution in [3.05, 3.63) is 77.0 Å². The molecule has 1 atom stereocenters. The average Bonchev–Trinajstić information content (AvgIpc) is 2.68. The van der Waals surface area contributed by atoms with Gasteiger partial charge >= 0.3 is 6.18 Å². The Morgan fingerprint density at radius 1 is 1.17 bits per heavy atom. The Balaban J connectivity index is 0.000000387. The fourth-order valence-electron chi connectivity index (χ4n) is 2.53. The predicted octanol–water partition coefficient (Wildman–Crippen LogP) is 6.26. The second-order valence-electron chi connectivity index (χ2n) is 6.66. The first kappa shape index (κ1) is 24.2. The summed E-state index contributed by atoms with van der Waals surface area (Å²) in [6, 6.07) is 12.2. The first-order chi connectivity index (χ1) is 13.6. The van der Waals surface area contributed by atoms with Crippen LogP contribution < -0.4 is 10.5 Å². The maximum Gasteiger partial charge on any atom is 0.417 e. The Kier molecular flexibility index (Phi) is 9.34. The number of ether oxygens (including phenoxy) is 1. The highest BCUT2D eigenvalue weighted by molar-refractivity contribution is 5.46. The van der Waals surface area contributed by atoms with Crippen LogP contribution in [0.1, 0.15) is 48.9 Å². The Morgan fingerprint density at radius 3 is 2.24 bits per heavy atom. The van der Waals surface area contributed by atoms with Crippen LogP contribution in [0.4, 0.5) is 13.2 Å². The summed E-state index contributed by atoms with van der Waals surface area (Å²) in [6.07, 6.45) is 2.52. The van der Waals surface area contributed by atoms with E-state index >= 15 is 0 Å². The number of rotatable bonds is 6. The van der Waals surface area contributed by atoms with Crippen molar-refractivity contribution in [2.24, 2.45) is 5.73 Å². The van der Waals surface area contributed by atoms with Gasteiger partial charge in [-0.25, -0.2) is 0 Å². The van der Waals surface area contributed by atoms with E-state index in [-0.39, 0.29) is 17.0 Å². The maximum absolute atomic E-state index is 12.9. The lowest BCUT2D eigenvalue weighted by Gasteiger charge is -2.19. The highest BCUT2D eigenvalue weighted by Gasteiger charge is 2.33. The quantitative estimate of drug-likeness (QED) is 0.578. The largest absolute Gasteiger partial charge is 0.484 e. The van der Waals surface area contributed by atoms with Crippen molar-refractivity contribution < 1.29 is 17.9 Å². The fourth-order valence-corrected chi connectivity index (χ4v) is 2.53. The van der Waals surface area contributed by atoms with E-state index in [1.54, 1.807) is 0 Å². The molecule has 0 saturated heterocycles. The Bertz CT molecular complexity index is 833. The monoisotopic (exact) mass is 403 g/mol. The van der Waals surface area contributed by atoms with Gasteiger partial charge in [-0.1, -0.05) is 62.6 Å². The minimum atomic E-state index is -4.53. The molecule has 0 amide bonds. The molecule has 2 nitrogen and oxygen atoms in total. The highest BCUT2D eigenvalue weighted by atomic mass is 19.4. The molecule has 2 aromatic rings. The highest BCUT2D eigenvalue weighted by Crippen LogP contribution is 2.34. The molecule has 0 bridgehead atoms. The summed E-state index contributed by atoms with van der Waals surface area (Å²) in [5.41, 5.74) is 7.50. The summed E-state index contributed by atoms with van der Waals surface area (Å²) in [6.45, 7) is 9.77. The molecule has 0 aliphatic carbocycles. The van der Waals surface area contributed by atoms with Crippen LogP contribution in [0, 0.1) is 19.3 Å². The molecule has 0 aliphatic heterocycles. The van der Waals surface area contributed by atoms with Gasteiger partial charge in [-0.2, -0.15) is 13.2 Å². The molecule has 0 aromatic heterocycles. The zero-order valence-electron chi connectivity index (χ0n) is 17.1. The molecular formula is C24H28F3NO. The van der Waals surface area contributed by atoms with Gasteiger partial charge in [0.2, 0.25) is 0 Å². The molecule has 2 rings (SSSR count). The third-order valence-corrected chi connectivity index (χ3v) is 4.22. The van der Waals surface area contributed by atoms with Crippen LogP contribution in [-0.2, 0) is 12.6 Å². The fraction of sp³-hybridized carbons (Fsp3) is 0.333. The minimum absolute atomic E-state index is 0.0707. The number of terminal acetylenes is 1. The normalized spacial score (nSPS) is 11.6. The molecule has 5 heteroatoms. The van der Waals surface area contributed by atoms with Gasteiger partial charge in [0.15, 0.2) is 0 Å². The molecule has 2 N–H and O–H groups in total. The number of benzene rings is 2. The predicted molar refractivity (Wildman–Crippen MR) is 113 cm³/mol. The van der Waals surface area contributed by atoms with Crippen molar-refractivity contribution in [1.29, 1.82) is 0 Å². The molecule has 0 saturated carbocycles. The molecule has 0 fully saturated rings. The van der Waals surface area contributed by atoms with Gasteiger partial charge in [-0.3, -0.25) is 0 Å². The van der Waals surface area contributed by atoms with Crippen molar-refractivity contribution in [3.63, 3.8) is 0 Å². The van der Waals surface area contributed by atoms with Gasteiger partial charge in [0.25, 0.3) is 0 Å². The van der Waals surface area contributed by atoms with Crippen LogP contribution in [0.5, 0.6) is 5.75 Å². The lowest BCUT2D eigenvalue weighted by molar-refractivity contribution is -0.137. The molecule has 0 aliphatic rings. The van der Waals surface area contributed by atoms with E-state index in [9.17, 15) is 13.2 Å². The lowest BCUT2D eigenvalue weighted by Crippen LogP contribution is -2.23. The first-order valence-corrected chi connectivity index (χ1v) is 9.46. The standard InChI is InChI=1S/C15H16F3NO.C9H12/c1-4-6-14(10(3)19)20-12-8-7-11(5-2)13(9-12)15(16,17)18;1-3-9-6-4-8(2)5-7-9/h2,7-9,14H,3-4,6,19H2,1H3;4-7H,3H2,1-2H3. The number of hydrogen-bond donors (Lipinski definition) is 1. The summed E-state index contributed by atoms with van der Waals surface area (Å²) >= 11 is 0. The lowest BCUT2D eigenvalue weighted by atomic mass is 10.1. The van der Waals surface area contributed by atoms with Crippen LogP contribution in [0.15, 0.2) is 54.7 Å². The Morgan fingerprint density at radius 2 is 1.79 bits per heavy atom. The molecule has 0 heterocycles. The zero-order valence-corrected chi connectivity index (χ0v) is 17.1. The molecular weight excluding hydrogens is 375 g/mol. The van der Waals surface area contributed by atoms with Crippen LogP contribution in [0.25, 0.3) is 0 Å². The van der Waals surface area contributed by atoms with Crippen LogP contribution in [0.3, 0.4) is 0 Å². The Hall–Kier alpha value is -2.87. The molecule has 156 valence electrons. The van der Waals surface area contributed by atoms with Gasteiger partial charge in [-0.05, 0) is 43.5 Å². The average molecular weight is 403 g/mol. The van der Waals surface area contributed by atoms with Crippen LogP contribution >= 0.6 is 0 Å². The topological polar surface area (TPSA) is 35.2 Å². The number of nitrogens with two attached hydrogens (primary N) is 1. The van der Waals surface area contributed by atoms with Gasteiger partial charge in [0.1, 0.15) is 11.9 Å². The van der Waals surface area contributed by atoms with Crippen molar-refractivity contribution in [3.8, 4) is 18.1 Å². The number of aryl methyl sites for hydroxylation is 2. The van der Waals surface area contributed by atoms with E-state index in [2.05, 4.69) is 44.7 Å². The summed E-state index contributed by atoms with van der Waals surface area (Å²) in [7, 11) is 0. The Labute approximate surface area is 171 Å². The summed E-state index contributed by atoms with van der Waals surface area (Å²) in [4.78, 5) is 0. The van der Waals surface area contributed by atoms with E-state index < -0.39 is 17.8 Å². The van der Waals surface area contributed by atoms with Crippen LogP contribution in [-0.4, -0.2) is 6.10 Å². The molecule has 1 unspecified atom stereocenters. The van der Waals surface area contributed by atoms with E-state index in [0.717, 1.165) is 18.9 Å². The van der Waals surface area contributed by atoms with E-state index in [0.29, 0.717) is 6.42 Å². The molecule has 0 radical (unpaired) electrons. The van der Waals surface area contributed by atoms with Crippen molar-refractivity contribution >= 4 is 0 Å². The van der Waals surface area contributed by atoms with Crippen LogP contribution in [0.2, 0.25) is 0 Å². The number of alkyl halides is 3. The van der Waals surface area contributed by atoms with E-state index in [1.165, 1.54) is 23.3 Å². The third kappa shape index (κ3) is 7.95. The SMILES string of the molecule is C#Cc1ccc(OC(CCC)C(=C)N)cc1C(F)(F)F.CCc1ccc(C)cc1. The maximum atomic E-state index is 12.9. The van der Waals surface area contributed by atoms with E-state index in [1.807, 2.05) is 12.8 Å². The smallest absolute Gasteiger partial charge is 0.417 e. The van der Waals surface area contributed by atoms with E-state index in [4.69, 9.17) is 16.9 Å². The number of hydrogen-bond acceptors (Lipinski definition) is 2. The third-order valence-electron chi connectivity index (χ3n) is 4.22. The van der Waals surface area contributed by atoms with Crippen molar-refractivity contribution in [1.82, 2.24) is 0 Å². The second kappa shape index (κ2) is 11.2. The zero-order chi connectivity index (χ0) is 22.0. The van der Waals surface area contributed by atoms with Gasteiger partial charge in [0, 0.05) is 11.3 Å². The first-order valence-electron chi connectivity index (χ1n) is 9.46. The van der Waals surface area contributed by atoms with Gasteiger partial charge in [0.05, 0.1) is 5.56 Å². The second-order valence-corrected chi connectivity index (χ2v) is 6.66.